The molecule has 36 heavy (non-hydrogen) atoms. The van der Waals surface area contributed by atoms with Crippen LogP contribution in [-0.2, 0) is 22.3 Å². The van der Waals surface area contributed by atoms with Gasteiger partial charge in [0.15, 0.2) is 0 Å². The Morgan fingerprint density at radius 1 is 0.833 bits per heavy atom. The van der Waals surface area contributed by atoms with Gasteiger partial charge >= 0.3 is 12.2 Å². The minimum Gasteiger partial charge on any atom is -0.443 e. The SMILES string of the molecule is CC(C)(C)OC(=O)N1CCc2ccc(N)cc21.CC(C)(C)OC(=O)N1CCc2ccc([N+](=O)[O-])cc21. The fourth-order valence-corrected chi connectivity index (χ4v) is 3.89. The molecular formula is C26H34N4O6. The summed E-state index contributed by atoms with van der Waals surface area (Å²) < 4.78 is 10.7. The number of ether oxygens (including phenoxy) is 2. The molecule has 10 heteroatoms. The van der Waals surface area contributed by atoms with Gasteiger partial charge in [-0.1, -0.05) is 12.1 Å². The number of nitro groups is 1. The van der Waals surface area contributed by atoms with E-state index in [1.54, 1.807) is 31.7 Å². The molecule has 2 aliphatic heterocycles. The standard InChI is InChI=1S/C13H16N2O4.C13H18N2O2/c1-13(2,3)19-12(16)14-7-6-9-4-5-10(15(17)18)8-11(9)14;1-13(2,3)17-12(16)15-7-6-9-4-5-10(14)8-11(9)15/h4-5,8H,6-7H2,1-3H3;4-5,8H,6-7,14H2,1-3H3. The fourth-order valence-electron chi connectivity index (χ4n) is 3.89. The molecular weight excluding hydrogens is 464 g/mol. The first-order valence-corrected chi connectivity index (χ1v) is 11.8. The first-order chi connectivity index (χ1) is 16.6. The molecule has 0 unspecified atom stereocenters. The maximum Gasteiger partial charge on any atom is 0.414 e. The van der Waals surface area contributed by atoms with E-state index in [1.165, 1.54) is 17.0 Å². The molecule has 0 saturated carbocycles. The van der Waals surface area contributed by atoms with E-state index in [9.17, 15) is 19.7 Å². The summed E-state index contributed by atoms with van der Waals surface area (Å²) in [6, 6.07) is 10.2. The van der Waals surface area contributed by atoms with E-state index in [-0.39, 0.29) is 11.8 Å². The predicted molar refractivity (Wildman–Crippen MR) is 139 cm³/mol. The summed E-state index contributed by atoms with van der Waals surface area (Å²) in [5.41, 5.74) is 8.85. The summed E-state index contributed by atoms with van der Waals surface area (Å²) in [4.78, 5) is 37.4. The topological polar surface area (TPSA) is 128 Å². The molecule has 0 aliphatic carbocycles. The second-order valence-corrected chi connectivity index (χ2v) is 10.7. The van der Waals surface area contributed by atoms with Gasteiger partial charge in [-0.05, 0) is 77.6 Å². The highest BCUT2D eigenvalue weighted by atomic mass is 16.6. The van der Waals surface area contributed by atoms with Gasteiger partial charge in [0.2, 0.25) is 0 Å². The van der Waals surface area contributed by atoms with Crippen molar-refractivity contribution in [1.82, 2.24) is 0 Å². The van der Waals surface area contributed by atoms with Gasteiger partial charge in [-0.25, -0.2) is 9.59 Å². The third-order valence-electron chi connectivity index (χ3n) is 5.41. The Bertz CT molecular complexity index is 1170. The van der Waals surface area contributed by atoms with Gasteiger partial charge in [0.1, 0.15) is 11.2 Å². The lowest BCUT2D eigenvalue weighted by atomic mass is 10.1. The molecule has 0 spiro atoms. The number of fused-ring (bicyclic) bond motifs is 2. The summed E-state index contributed by atoms with van der Waals surface area (Å²) in [6.45, 7) is 12.1. The highest BCUT2D eigenvalue weighted by Crippen LogP contribution is 2.33. The molecule has 0 fully saturated rings. The quantitative estimate of drug-likeness (QED) is 0.314. The molecule has 194 valence electrons. The highest BCUT2D eigenvalue weighted by Gasteiger charge is 2.31. The maximum atomic E-state index is 12.0. The smallest absolute Gasteiger partial charge is 0.414 e. The van der Waals surface area contributed by atoms with E-state index in [0.29, 0.717) is 30.9 Å². The number of nitro benzene ring substituents is 1. The van der Waals surface area contributed by atoms with Gasteiger partial charge < -0.3 is 15.2 Å². The molecule has 0 aromatic heterocycles. The van der Waals surface area contributed by atoms with Crippen molar-refractivity contribution in [2.45, 2.75) is 65.6 Å². The van der Waals surface area contributed by atoms with Crippen LogP contribution < -0.4 is 15.5 Å². The molecule has 0 saturated heterocycles. The summed E-state index contributed by atoms with van der Waals surface area (Å²) >= 11 is 0. The van der Waals surface area contributed by atoms with Crippen molar-refractivity contribution in [3.8, 4) is 0 Å². The molecule has 2 heterocycles. The molecule has 0 bridgehead atoms. The van der Waals surface area contributed by atoms with Crippen LogP contribution in [-0.4, -0.2) is 41.4 Å². The number of benzene rings is 2. The number of hydrogen-bond donors (Lipinski definition) is 1. The highest BCUT2D eigenvalue weighted by molar-refractivity contribution is 5.92. The summed E-state index contributed by atoms with van der Waals surface area (Å²) in [5.74, 6) is 0. The van der Waals surface area contributed by atoms with E-state index in [2.05, 4.69) is 0 Å². The molecule has 0 radical (unpaired) electrons. The Labute approximate surface area is 211 Å². The van der Waals surface area contributed by atoms with Gasteiger partial charge in [-0.15, -0.1) is 0 Å². The Morgan fingerprint density at radius 2 is 1.28 bits per heavy atom. The first kappa shape index (κ1) is 26.8. The number of anilines is 3. The van der Waals surface area contributed by atoms with E-state index >= 15 is 0 Å². The van der Waals surface area contributed by atoms with Crippen LogP contribution in [0, 0.1) is 10.1 Å². The zero-order chi connectivity index (χ0) is 26.8. The summed E-state index contributed by atoms with van der Waals surface area (Å²) in [5, 5.41) is 10.8. The average molecular weight is 499 g/mol. The number of hydrogen-bond acceptors (Lipinski definition) is 7. The van der Waals surface area contributed by atoms with Crippen LogP contribution in [0.15, 0.2) is 36.4 Å². The molecule has 2 aliphatic rings. The lowest BCUT2D eigenvalue weighted by Crippen LogP contribution is -2.35. The van der Waals surface area contributed by atoms with E-state index in [4.69, 9.17) is 15.2 Å². The molecule has 2 N–H and O–H groups in total. The van der Waals surface area contributed by atoms with Crippen LogP contribution in [0.3, 0.4) is 0 Å². The van der Waals surface area contributed by atoms with Gasteiger partial charge in [0, 0.05) is 30.9 Å². The first-order valence-electron chi connectivity index (χ1n) is 11.8. The molecule has 10 nitrogen and oxygen atoms in total. The van der Waals surface area contributed by atoms with E-state index < -0.39 is 22.2 Å². The predicted octanol–water partition coefficient (Wildman–Crippen LogP) is 5.46. The van der Waals surface area contributed by atoms with Gasteiger partial charge in [0.05, 0.1) is 16.3 Å². The third kappa shape index (κ3) is 6.65. The van der Waals surface area contributed by atoms with E-state index in [0.717, 1.165) is 23.2 Å². The number of non-ortho nitro benzene ring substituents is 1. The van der Waals surface area contributed by atoms with Gasteiger partial charge in [-0.3, -0.25) is 19.9 Å². The monoisotopic (exact) mass is 498 g/mol. The average Bonchev–Trinajstić information content (AvgIpc) is 3.35. The Kier molecular flexibility index (Phi) is 7.47. The number of nitrogens with zero attached hydrogens (tertiary/aromatic N) is 3. The molecule has 2 amide bonds. The van der Waals surface area contributed by atoms with Crippen LogP contribution in [0.4, 0.5) is 32.3 Å². The normalized spacial score (nSPS) is 14.4. The van der Waals surface area contributed by atoms with E-state index in [1.807, 2.05) is 39.0 Å². The number of carbonyl (C=O) groups excluding carboxylic acids is 2. The fraction of sp³-hybridized carbons (Fsp3) is 0.462. The minimum absolute atomic E-state index is 0.0193. The second-order valence-electron chi connectivity index (χ2n) is 10.7. The Balaban J connectivity index is 0.000000202. The molecule has 4 rings (SSSR count). The zero-order valence-electron chi connectivity index (χ0n) is 21.7. The summed E-state index contributed by atoms with van der Waals surface area (Å²) in [6.07, 6.45) is 0.773. The number of rotatable bonds is 1. The summed E-state index contributed by atoms with van der Waals surface area (Å²) in [7, 11) is 0. The lowest BCUT2D eigenvalue weighted by Gasteiger charge is -2.24. The van der Waals surface area contributed by atoms with Crippen molar-refractivity contribution in [2.24, 2.45) is 0 Å². The van der Waals surface area contributed by atoms with Crippen LogP contribution in [0.1, 0.15) is 52.7 Å². The van der Waals surface area contributed by atoms with Crippen LogP contribution in [0.2, 0.25) is 0 Å². The molecule has 0 atom stereocenters. The zero-order valence-corrected chi connectivity index (χ0v) is 21.7. The van der Waals surface area contributed by atoms with Gasteiger partial charge in [0.25, 0.3) is 5.69 Å². The third-order valence-corrected chi connectivity index (χ3v) is 5.41. The van der Waals surface area contributed by atoms with Crippen molar-refractivity contribution < 1.29 is 24.0 Å². The number of nitrogens with two attached hydrogens (primary N) is 1. The number of amides is 2. The number of nitrogen functional groups attached to an aromatic ring is 1. The maximum absolute atomic E-state index is 12.0. The van der Waals surface area contributed by atoms with Crippen LogP contribution in [0.5, 0.6) is 0 Å². The minimum atomic E-state index is -0.583. The second kappa shape index (κ2) is 10.0. The van der Waals surface area contributed by atoms with Crippen molar-refractivity contribution in [1.29, 1.82) is 0 Å². The largest absolute Gasteiger partial charge is 0.443 e. The van der Waals surface area contributed by atoms with Crippen LogP contribution >= 0.6 is 0 Å². The molecule has 2 aromatic carbocycles. The van der Waals surface area contributed by atoms with Crippen molar-refractivity contribution >= 4 is 34.9 Å². The van der Waals surface area contributed by atoms with Gasteiger partial charge in [-0.2, -0.15) is 0 Å². The van der Waals surface area contributed by atoms with Crippen LogP contribution in [0.25, 0.3) is 0 Å². The molecule has 2 aromatic rings. The lowest BCUT2D eigenvalue weighted by molar-refractivity contribution is -0.384. The Morgan fingerprint density at radius 3 is 1.72 bits per heavy atom. The Hall–Kier alpha value is -3.82. The number of carbonyl (C=O) groups is 2. The van der Waals surface area contributed by atoms with Crippen molar-refractivity contribution in [3.63, 3.8) is 0 Å². The van der Waals surface area contributed by atoms with Crippen molar-refractivity contribution in [2.75, 3.05) is 28.6 Å². The van der Waals surface area contributed by atoms with Crippen molar-refractivity contribution in [3.05, 3.63) is 57.6 Å².